The molecule has 0 aliphatic carbocycles. The first-order chi connectivity index (χ1) is 15.5. The zero-order chi connectivity index (χ0) is 22.7. The van der Waals surface area contributed by atoms with E-state index in [1.54, 1.807) is 55.6 Å². The minimum absolute atomic E-state index is 0.0736. The first kappa shape index (κ1) is 22.3. The second-order valence-electron chi connectivity index (χ2n) is 7.73. The average Bonchev–Trinajstić information content (AvgIpc) is 3.08. The number of rotatable bonds is 6. The van der Waals surface area contributed by atoms with Gasteiger partial charge < -0.3 is 19.5 Å². The zero-order valence-electron chi connectivity index (χ0n) is 17.8. The van der Waals surface area contributed by atoms with Gasteiger partial charge >= 0.3 is 0 Å². The van der Waals surface area contributed by atoms with E-state index in [1.165, 1.54) is 4.90 Å². The number of ether oxygens (including phenoxy) is 2. The smallest absolute Gasteiger partial charge is 0.295 e. The molecule has 4 rings (SSSR count). The Bertz CT molecular complexity index is 1010. The van der Waals surface area contributed by atoms with Crippen LogP contribution in [0.15, 0.2) is 54.1 Å². The number of carbonyl (C=O) groups excluding carboxylic acids is 2. The Hall–Kier alpha value is -2.87. The number of likely N-dealkylation sites (tertiary alicyclic amines) is 1. The molecule has 2 saturated heterocycles. The molecule has 1 N–H and O–H groups in total. The second kappa shape index (κ2) is 9.73. The quantitative estimate of drug-likeness (QED) is 0.409. The third-order valence-electron chi connectivity index (χ3n) is 5.85. The molecule has 2 fully saturated rings. The van der Waals surface area contributed by atoms with Crippen molar-refractivity contribution in [1.29, 1.82) is 0 Å². The highest BCUT2D eigenvalue weighted by Gasteiger charge is 2.46. The molecule has 7 nitrogen and oxygen atoms in total. The first-order valence-electron chi connectivity index (χ1n) is 10.5. The van der Waals surface area contributed by atoms with Crippen LogP contribution in [0.5, 0.6) is 5.75 Å². The Morgan fingerprint density at radius 1 is 1.06 bits per heavy atom. The summed E-state index contributed by atoms with van der Waals surface area (Å²) in [6.45, 7) is 3.83. The Morgan fingerprint density at radius 2 is 1.72 bits per heavy atom. The van der Waals surface area contributed by atoms with Gasteiger partial charge in [-0.05, 0) is 42.0 Å². The van der Waals surface area contributed by atoms with E-state index < -0.39 is 17.7 Å². The van der Waals surface area contributed by atoms with Crippen LogP contribution in [-0.2, 0) is 14.3 Å². The number of hydrogen-bond donors (Lipinski definition) is 1. The van der Waals surface area contributed by atoms with Gasteiger partial charge in [0.15, 0.2) is 0 Å². The van der Waals surface area contributed by atoms with Gasteiger partial charge in [-0.1, -0.05) is 23.7 Å². The van der Waals surface area contributed by atoms with Gasteiger partial charge in [-0.2, -0.15) is 0 Å². The molecule has 1 atom stereocenters. The van der Waals surface area contributed by atoms with Crippen molar-refractivity contribution in [2.45, 2.75) is 6.04 Å². The van der Waals surface area contributed by atoms with Gasteiger partial charge in [0.1, 0.15) is 11.5 Å². The van der Waals surface area contributed by atoms with Gasteiger partial charge in [0.25, 0.3) is 11.7 Å². The molecule has 168 valence electrons. The summed E-state index contributed by atoms with van der Waals surface area (Å²) in [5.74, 6) is -0.893. The van der Waals surface area contributed by atoms with E-state index in [0.717, 1.165) is 13.1 Å². The maximum Gasteiger partial charge on any atom is 0.295 e. The standard InChI is InChI=1S/C24H25ClN2O5/c1-31-19-8-4-17(5-9-19)22(28)20-21(16-2-6-18(25)7-3-16)27(24(30)23(20)29)11-10-26-12-14-32-15-13-26/h2-9,21,28H,10-15H2,1H3/t21-/m1/s1. The number of morpholine rings is 1. The van der Waals surface area contributed by atoms with Crippen LogP contribution in [0.3, 0.4) is 0 Å². The molecule has 0 radical (unpaired) electrons. The Morgan fingerprint density at radius 3 is 2.34 bits per heavy atom. The van der Waals surface area contributed by atoms with Crippen LogP contribution >= 0.6 is 11.6 Å². The first-order valence-corrected chi connectivity index (χ1v) is 10.9. The summed E-state index contributed by atoms with van der Waals surface area (Å²) < 4.78 is 10.6. The second-order valence-corrected chi connectivity index (χ2v) is 8.16. The Labute approximate surface area is 191 Å². The predicted molar refractivity (Wildman–Crippen MR) is 121 cm³/mol. The van der Waals surface area contributed by atoms with Gasteiger partial charge in [0.05, 0.1) is 31.9 Å². The largest absolute Gasteiger partial charge is 0.507 e. The summed E-state index contributed by atoms with van der Waals surface area (Å²) in [6, 6.07) is 13.0. The molecule has 0 spiro atoms. The normalized spacial score (nSPS) is 21.2. The lowest BCUT2D eigenvalue weighted by atomic mass is 9.95. The highest BCUT2D eigenvalue weighted by Crippen LogP contribution is 2.39. The number of benzene rings is 2. The van der Waals surface area contributed by atoms with Crippen LogP contribution in [0.2, 0.25) is 5.02 Å². The van der Waals surface area contributed by atoms with Crippen LogP contribution in [0.4, 0.5) is 0 Å². The molecular formula is C24H25ClN2O5. The van der Waals surface area contributed by atoms with E-state index in [9.17, 15) is 14.7 Å². The molecule has 2 aromatic carbocycles. The Balaban J connectivity index is 1.71. The van der Waals surface area contributed by atoms with Gasteiger partial charge in [-0.3, -0.25) is 14.5 Å². The number of Topliss-reactive ketones (excluding diaryl/α,β-unsaturated/α-hetero) is 1. The number of halogens is 1. The van der Waals surface area contributed by atoms with Crippen LogP contribution in [0.1, 0.15) is 17.2 Å². The molecule has 2 aliphatic rings. The van der Waals surface area contributed by atoms with Crippen LogP contribution in [0.25, 0.3) is 5.76 Å². The summed E-state index contributed by atoms with van der Waals surface area (Å²) in [5.41, 5.74) is 1.23. The zero-order valence-corrected chi connectivity index (χ0v) is 18.5. The van der Waals surface area contributed by atoms with Crippen molar-refractivity contribution in [2.75, 3.05) is 46.5 Å². The number of hydrogen-bond acceptors (Lipinski definition) is 6. The number of amides is 1. The van der Waals surface area contributed by atoms with E-state index in [2.05, 4.69) is 4.90 Å². The fourth-order valence-corrected chi connectivity index (χ4v) is 4.21. The number of nitrogens with zero attached hydrogens (tertiary/aromatic N) is 2. The molecule has 0 saturated carbocycles. The van der Waals surface area contributed by atoms with Crippen molar-refractivity contribution in [1.82, 2.24) is 9.80 Å². The van der Waals surface area contributed by atoms with E-state index in [4.69, 9.17) is 21.1 Å². The fourth-order valence-electron chi connectivity index (χ4n) is 4.08. The number of aliphatic hydroxyl groups is 1. The lowest BCUT2D eigenvalue weighted by Crippen LogP contribution is -2.42. The van der Waals surface area contributed by atoms with Gasteiger partial charge in [-0.25, -0.2) is 0 Å². The maximum absolute atomic E-state index is 13.1. The third-order valence-corrected chi connectivity index (χ3v) is 6.10. The number of methoxy groups -OCH3 is 1. The Kier molecular flexibility index (Phi) is 6.79. The van der Waals surface area contributed by atoms with Crippen LogP contribution in [0, 0.1) is 0 Å². The van der Waals surface area contributed by atoms with Crippen molar-refractivity contribution in [2.24, 2.45) is 0 Å². The topological polar surface area (TPSA) is 79.3 Å². The van der Waals surface area contributed by atoms with E-state index in [-0.39, 0.29) is 11.3 Å². The van der Waals surface area contributed by atoms with Gasteiger partial charge in [0, 0.05) is 36.8 Å². The molecule has 2 heterocycles. The summed E-state index contributed by atoms with van der Waals surface area (Å²) in [7, 11) is 1.55. The van der Waals surface area contributed by atoms with E-state index in [1.807, 2.05) is 0 Å². The monoisotopic (exact) mass is 456 g/mol. The van der Waals surface area contributed by atoms with Crippen molar-refractivity contribution in [3.8, 4) is 5.75 Å². The summed E-state index contributed by atoms with van der Waals surface area (Å²) in [4.78, 5) is 29.8. The van der Waals surface area contributed by atoms with Crippen molar-refractivity contribution in [3.63, 3.8) is 0 Å². The highest BCUT2D eigenvalue weighted by atomic mass is 35.5. The minimum atomic E-state index is -0.699. The summed E-state index contributed by atoms with van der Waals surface area (Å²) >= 11 is 6.06. The third kappa shape index (κ3) is 4.50. The number of carbonyl (C=O) groups is 2. The highest BCUT2D eigenvalue weighted by molar-refractivity contribution is 6.46. The molecular weight excluding hydrogens is 432 g/mol. The molecule has 0 bridgehead atoms. The molecule has 0 unspecified atom stereocenters. The lowest BCUT2D eigenvalue weighted by Gasteiger charge is -2.31. The fraction of sp³-hybridized carbons (Fsp3) is 0.333. The lowest BCUT2D eigenvalue weighted by molar-refractivity contribution is -0.140. The average molecular weight is 457 g/mol. The maximum atomic E-state index is 13.1. The number of aliphatic hydroxyl groups excluding tert-OH is 1. The molecule has 1 amide bonds. The van der Waals surface area contributed by atoms with Gasteiger partial charge in [-0.15, -0.1) is 0 Å². The molecule has 8 heteroatoms. The van der Waals surface area contributed by atoms with Crippen molar-refractivity contribution >= 4 is 29.1 Å². The summed E-state index contributed by atoms with van der Waals surface area (Å²) in [6.07, 6.45) is 0. The van der Waals surface area contributed by atoms with Gasteiger partial charge in [0.2, 0.25) is 0 Å². The molecule has 2 aromatic rings. The van der Waals surface area contributed by atoms with Crippen LogP contribution in [-0.4, -0.2) is 73.1 Å². The molecule has 0 aromatic heterocycles. The van der Waals surface area contributed by atoms with Crippen molar-refractivity contribution < 1.29 is 24.2 Å². The van der Waals surface area contributed by atoms with Crippen molar-refractivity contribution in [3.05, 3.63) is 70.3 Å². The molecule has 2 aliphatic heterocycles. The van der Waals surface area contributed by atoms with E-state index >= 15 is 0 Å². The minimum Gasteiger partial charge on any atom is -0.507 e. The number of ketones is 1. The predicted octanol–water partition coefficient (Wildman–Crippen LogP) is 3.10. The summed E-state index contributed by atoms with van der Waals surface area (Å²) in [5, 5.41) is 11.6. The van der Waals surface area contributed by atoms with E-state index in [0.29, 0.717) is 48.2 Å². The molecule has 32 heavy (non-hydrogen) atoms. The SMILES string of the molecule is COc1ccc(C(O)=C2C(=O)C(=O)N(CCN3CCOCC3)[C@@H]2c2ccc(Cl)cc2)cc1. The van der Waals surface area contributed by atoms with Crippen LogP contribution < -0.4 is 4.74 Å².